The van der Waals surface area contributed by atoms with Gasteiger partial charge in [0.2, 0.25) is 17.7 Å². The molecule has 4 rings (SSSR count). The van der Waals surface area contributed by atoms with Crippen LogP contribution in [0.5, 0.6) is 0 Å². The van der Waals surface area contributed by atoms with Crippen molar-refractivity contribution in [3.8, 4) is 0 Å². The Morgan fingerprint density at radius 2 is 1.76 bits per heavy atom. The van der Waals surface area contributed by atoms with Crippen molar-refractivity contribution >= 4 is 17.7 Å². The van der Waals surface area contributed by atoms with E-state index < -0.39 is 29.1 Å². The molecule has 6 atom stereocenters. The lowest BCUT2D eigenvalue weighted by molar-refractivity contribution is -0.153. The maximum atomic E-state index is 14.1. The molecule has 8 heteroatoms. The van der Waals surface area contributed by atoms with Gasteiger partial charge in [0.1, 0.15) is 11.6 Å². The fourth-order valence-electron chi connectivity index (χ4n) is 6.51. The minimum absolute atomic E-state index is 0.0233. The number of hydrogen-bond acceptors (Lipinski definition) is 5. The topological polar surface area (TPSA) is 90.4 Å². The predicted molar refractivity (Wildman–Crippen MR) is 128 cm³/mol. The largest absolute Gasteiger partial charge is 0.396 e. The molecule has 2 fully saturated rings. The third-order valence-corrected chi connectivity index (χ3v) is 7.96. The molecule has 4 aliphatic rings. The first-order valence-corrected chi connectivity index (χ1v) is 12.8. The second-order valence-electron chi connectivity index (χ2n) is 10.3. The summed E-state index contributed by atoms with van der Waals surface area (Å²) in [6, 6.07) is -0.825. The number of aliphatic hydroxyl groups is 1. The molecule has 0 aromatic heterocycles. The van der Waals surface area contributed by atoms with Crippen molar-refractivity contribution in [1.29, 1.82) is 0 Å². The van der Waals surface area contributed by atoms with E-state index in [1.54, 1.807) is 9.80 Å². The predicted octanol–water partition coefficient (Wildman–Crippen LogP) is 1.74. The number of nitrogens with zero attached hydrogens (tertiary/aromatic N) is 3. The Morgan fingerprint density at radius 1 is 1.03 bits per heavy atom. The van der Waals surface area contributed by atoms with Crippen molar-refractivity contribution in [2.24, 2.45) is 11.8 Å². The monoisotopic (exact) mass is 473 g/mol. The van der Waals surface area contributed by atoms with Gasteiger partial charge in [0.15, 0.2) is 0 Å². The Hall–Kier alpha value is -2.19. The molecule has 188 valence electrons. The van der Waals surface area contributed by atoms with Gasteiger partial charge in [-0.1, -0.05) is 44.6 Å². The lowest BCUT2D eigenvalue weighted by Gasteiger charge is -2.38. The van der Waals surface area contributed by atoms with Gasteiger partial charge in [-0.3, -0.25) is 14.4 Å². The number of amides is 3. The van der Waals surface area contributed by atoms with Gasteiger partial charge in [-0.2, -0.15) is 0 Å². The zero-order valence-electron chi connectivity index (χ0n) is 20.9. The average Bonchev–Trinajstić information content (AvgIpc) is 3.06. The van der Waals surface area contributed by atoms with E-state index in [0.29, 0.717) is 26.1 Å². The minimum atomic E-state index is -1.21. The number of hydrogen-bond donors (Lipinski definition) is 1. The van der Waals surface area contributed by atoms with Crippen molar-refractivity contribution in [1.82, 2.24) is 14.7 Å². The summed E-state index contributed by atoms with van der Waals surface area (Å²) in [4.78, 5) is 47.1. The van der Waals surface area contributed by atoms with Crippen molar-refractivity contribution in [2.45, 2.75) is 76.7 Å². The highest BCUT2D eigenvalue weighted by atomic mass is 16.5. The number of ether oxygens (including phenoxy) is 1. The van der Waals surface area contributed by atoms with E-state index in [0.717, 1.165) is 19.3 Å². The molecule has 3 amide bonds. The summed E-state index contributed by atoms with van der Waals surface area (Å²) < 4.78 is 6.77. The van der Waals surface area contributed by atoms with Crippen molar-refractivity contribution in [3.05, 3.63) is 24.3 Å². The van der Waals surface area contributed by atoms with Gasteiger partial charge in [0.05, 0.1) is 17.4 Å². The van der Waals surface area contributed by atoms with Crippen LogP contribution in [0.3, 0.4) is 0 Å². The molecule has 0 radical (unpaired) electrons. The summed E-state index contributed by atoms with van der Waals surface area (Å²) in [5.74, 6) is -1.94. The molecule has 4 heterocycles. The molecular weight excluding hydrogens is 434 g/mol. The first kappa shape index (κ1) is 24.9. The van der Waals surface area contributed by atoms with Crippen LogP contribution in [-0.4, -0.2) is 93.6 Å². The van der Waals surface area contributed by atoms with Crippen molar-refractivity contribution in [2.75, 3.05) is 32.8 Å². The summed E-state index contributed by atoms with van der Waals surface area (Å²) in [6.45, 7) is 9.75. The summed E-state index contributed by atoms with van der Waals surface area (Å²) in [7, 11) is 0. The highest BCUT2D eigenvalue weighted by Gasteiger charge is 2.74. The summed E-state index contributed by atoms with van der Waals surface area (Å²) >= 11 is 0. The van der Waals surface area contributed by atoms with E-state index in [4.69, 9.17) is 4.74 Å². The van der Waals surface area contributed by atoms with Crippen LogP contribution >= 0.6 is 0 Å². The average molecular weight is 474 g/mol. The first-order chi connectivity index (χ1) is 16.3. The van der Waals surface area contributed by atoms with Crippen LogP contribution in [0.1, 0.15) is 53.4 Å². The number of fused-ring (bicyclic) bond motifs is 2. The fraction of sp³-hybridized carbons (Fsp3) is 0.731. The molecule has 2 unspecified atom stereocenters. The van der Waals surface area contributed by atoms with E-state index in [9.17, 15) is 19.5 Å². The third kappa shape index (κ3) is 3.70. The van der Waals surface area contributed by atoms with Crippen LogP contribution in [0, 0.1) is 11.8 Å². The quantitative estimate of drug-likeness (QED) is 0.543. The Kier molecular flexibility index (Phi) is 6.93. The summed E-state index contributed by atoms with van der Waals surface area (Å²) in [6.07, 6.45) is 10.7. The Morgan fingerprint density at radius 3 is 2.44 bits per heavy atom. The van der Waals surface area contributed by atoms with Crippen LogP contribution in [-0.2, 0) is 19.1 Å². The number of rotatable bonds is 8. The highest BCUT2D eigenvalue weighted by molar-refractivity contribution is 6.00. The second-order valence-corrected chi connectivity index (χ2v) is 10.3. The number of carbonyl (C=O) groups is 3. The molecule has 0 bridgehead atoms. The number of aliphatic hydroxyl groups excluding tert-OH is 1. The van der Waals surface area contributed by atoms with Crippen molar-refractivity contribution in [3.63, 3.8) is 0 Å². The van der Waals surface area contributed by atoms with E-state index in [2.05, 4.69) is 6.92 Å². The zero-order valence-corrected chi connectivity index (χ0v) is 20.9. The van der Waals surface area contributed by atoms with E-state index in [1.165, 1.54) is 0 Å². The van der Waals surface area contributed by atoms with Gasteiger partial charge >= 0.3 is 0 Å². The standard InChI is InChI=1S/C26H39N3O5/c1-5-10-18(3)28-15-8-12-26-20(23(32)29(16-9-17-30)21(26)24(28)33)19-22(31)27(13-6-2)14-7-11-25(19,4)34-26/h7-8,11-12,18-21,30H,5-6,9-10,13-17H2,1-4H3/t18?,19-,20-,21?,25+,26-/m0/s1. The lowest BCUT2D eigenvalue weighted by atomic mass is 9.74. The first-order valence-electron chi connectivity index (χ1n) is 12.8. The second kappa shape index (κ2) is 9.46. The molecule has 0 aliphatic carbocycles. The van der Waals surface area contributed by atoms with Crippen LogP contribution in [0.15, 0.2) is 24.3 Å². The summed E-state index contributed by atoms with van der Waals surface area (Å²) in [5.41, 5.74) is -2.19. The van der Waals surface area contributed by atoms with Gasteiger partial charge in [-0.15, -0.1) is 0 Å². The van der Waals surface area contributed by atoms with Crippen LogP contribution in [0.2, 0.25) is 0 Å². The lowest BCUT2D eigenvalue weighted by Crippen LogP contribution is -2.57. The smallest absolute Gasteiger partial charge is 0.249 e. The van der Waals surface area contributed by atoms with Gasteiger partial charge in [-0.05, 0) is 33.1 Å². The molecule has 1 N–H and O–H groups in total. The Bertz CT molecular complexity index is 888. The van der Waals surface area contributed by atoms with Crippen LogP contribution < -0.4 is 0 Å². The fourth-order valence-corrected chi connectivity index (χ4v) is 6.51. The molecule has 0 aromatic rings. The third-order valence-electron chi connectivity index (χ3n) is 7.96. The molecule has 2 saturated heterocycles. The van der Waals surface area contributed by atoms with Crippen LogP contribution in [0.4, 0.5) is 0 Å². The zero-order chi connectivity index (χ0) is 24.7. The molecule has 0 aromatic carbocycles. The van der Waals surface area contributed by atoms with E-state index in [1.807, 2.05) is 50.0 Å². The minimum Gasteiger partial charge on any atom is -0.396 e. The highest BCUT2D eigenvalue weighted by Crippen LogP contribution is 2.57. The molecule has 8 nitrogen and oxygen atoms in total. The molecule has 1 spiro atoms. The molecule has 0 saturated carbocycles. The Labute approximate surface area is 202 Å². The maximum Gasteiger partial charge on any atom is 0.249 e. The van der Waals surface area contributed by atoms with Gasteiger partial charge in [0.25, 0.3) is 0 Å². The van der Waals surface area contributed by atoms with Crippen LogP contribution in [0.25, 0.3) is 0 Å². The maximum absolute atomic E-state index is 14.1. The van der Waals surface area contributed by atoms with E-state index >= 15 is 0 Å². The Balaban J connectivity index is 1.82. The van der Waals surface area contributed by atoms with E-state index in [-0.39, 0.29) is 36.9 Å². The van der Waals surface area contributed by atoms with Gasteiger partial charge in [-0.25, -0.2) is 0 Å². The number of likely N-dealkylation sites (tertiary alicyclic amines) is 1. The SMILES string of the molecule is CCCC(C)N1CC=C[C@]23O[C@]4(C)C=CCN(CCC)C(=O)[C@@H]4[C@H]2C(=O)N(CCCO)C3C1=O. The number of carbonyl (C=O) groups excluding carboxylic acids is 3. The summed E-state index contributed by atoms with van der Waals surface area (Å²) in [5, 5.41) is 9.49. The molecule has 4 aliphatic heterocycles. The molecule has 34 heavy (non-hydrogen) atoms. The molecular formula is C26H39N3O5. The van der Waals surface area contributed by atoms with Gasteiger partial charge < -0.3 is 24.5 Å². The normalized spacial score (nSPS) is 35.9. The van der Waals surface area contributed by atoms with Crippen molar-refractivity contribution < 1.29 is 24.2 Å². The van der Waals surface area contributed by atoms with Gasteiger partial charge in [0, 0.05) is 38.8 Å².